The van der Waals surface area contributed by atoms with Crippen LogP contribution >= 0.6 is 11.6 Å². The van der Waals surface area contributed by atoms with Gasteiger partial charge in [-0.3, -0.25) is 14.9 Å². The Bertz CT molecular complexity index is 750. The van der Waals surface area contributed by atoms with Crippen LogP contribution < -0.4 is 10.6 Å². The van der Waals surface area contributed by atoms with Crippen molar-refractivity contribution in [1.82, 2.24) is 10.6 Å². The maximum Gasteiger partial charge on any atom is 0.321 e. The fourth-order valence-electron chi connectivity index (χ4n) is 1.75. The predicted molar refractivity (Wildman–Crippen MR) is 90.9 cm³/mol. The van der Waals surface area contributed by atoms with E-state index in [-0.39, 0.29) is 9.92 Å². The molecular formula is C15H19ClN2O6S. The fraction of sp³-hybridized carbons (Fsp3) is 0.400. The molecule has 10 heteroatoms. The van der Waals surface area contributed by atoms with Crippen LogP contribution in [0.15, 0.2) is 29.2 Å². The van der Waals surface area contributed by atoms with Crippen molar-refractivity contribution in [3.63, 3.8) is 0 Å². The second-order valence-electron chi connectivity index (χ2n) is 4.98. The summed E-state index contributed by atoms with van der Waals surface area (Å²) in [6.45, 7) is 3.27. The number of benzene rings is 1. The van der Waals surface area contributed by atoms with Gasteiger partial charge in [0.1, 0.15) is 0 Å². The first-order valence-electron chi connectivity index (χ1n) is 7.42. The van der Waals surface area contributed by atoms with Crippen LogP contribution in [-0.4, -0.2) is 44.7 Å². The molecule has 0 saturated heterocycles. The molecule has 0 unspecified atom stereocenters. The van der Waals surface area contributed by atoms with Crippen LogP contribution in [0.1, 0.15) is 20.3 Å². The summed E-state index contributed by atoms with van der Waals surface area (Å²) in [5.74, 6) is -2.21. The van der Waals surface area contributed by atoms with Gasteiger partial charge in [0.15, 0.2) is 15.9 Å². The minimum Gasteiger partial charge on any atom is -0.453 e. The van der Waals surface area contributed by atoms with Crippen LogP contribution in [0.3, 0.4) is 0 Å². The number of carbonyl (C=O) groups is 3. The van der Waals surface area contributed by atoms with Crippen molar-refractivity contribution in [3.8, 4) is 0 Å². The third kappa shape index (κ3) is 6.71. The Morgan fingerprint density at radius 3 is 2.48 bits per heavy atom. The summed E-state index contributed by atoms with van der Waals surface area (Å²) in [5, 5.41) is 4.40. The largest absolute Gasteiger partial charge is 0.453 e. The zero-order valence-electron chi connectivity index (χ0n) is 13.7. The number of hydrogen-bond donors (Lipinski definition) is 2. The molecule has 0 saturated carbocycles. The summed E-state index contributed by atoms with van der Waals surface area (Å²) in [4.78, 5) is 34.5. The van der Waals surface area contributed by atoms with Crippen molar-refractivity contribution in [3.05, 3.63) is 29.3 Å². The number of amides is 3. The van der Waals surface area contributed by atoms with E-state index in [9.17, 15) is 22.8 Å². The van der Waals surface area contributed by atoms with Crippen molar-refractivity contribution in [2.24, 2.45) is 0 Å². The number of urea groups is 1. The molecule has 0 spiro atoms. The first-order chi connectivity index (χ1) is 11.7. The van der Waals surface area contributed by atoms with Crippen LogP contribution in [0.2, 0.25) is 5.02 Å². The van der Waals surface area contributed by atoms with Crippen LogP contribution in [0.25, 0.3) is 0 Å². The Morgan fingerprint density at radius 1 is 1.24 bits per heavy atom. The van der Waals surface area contributed by atoms with Crippen LogP contribution in [0, 0.1) is 0 Å². The van der Waals surface area contributed by atoms with Gasteiger partial charge in [-0.1, -0.05) is 23.7 Å². The van der Waals surface area contributed by atoms with E-state index in [1.807, 2.05) is 5.32 Å². The van der Waals surface area contributed by atoms with Crippen LogP contribution in [0.4, 0.5) is 4.79 Å². The van der Waals surface area contributed by atoms with Crippen molar-refractivity contribution in [2.75, 3.05) is 12.3 Å². The lowest BCUT2D eigenvalue weighted by molar-refractivity contribution is -0.154. The monoisotopic (exact) mass is 390 g/mol. The van der Waals surface area contributed by atoms with Crippen LogP contribution in [0.5, 0.6) is 0 Å². The van der Waals surface area contributed by atoms with E-state index in [0.29, 0.717) is 6.54 Å². The van der Waals surface area contributed by atoms with E-state index in [1.54, 1.807) is 13.0 Å². The summed E-state index contributed by atoms with van der Waals surface area (Å²) >= 11 is 5.84. The molecule has 0 bridgehead atoms. The van der Waals surface area contributed by atoms with Gasteiger partial charge in [-0.2, -0.15) is 0 Å². The zero-order valence-corrected chi connectivity index (χ0v) is 15.3. The molecule has 8 nitrogen and oxygen atoms in total. The molecule has 0 aliphatic heterocycles. The van der Waals surface area contributed by atoms with Gasteiger partial charge in [0.2, 0.25) is 0 Å². The lowest BCUT2D eigenvalue weighted by Crippen LogP contribution is -2.44. The van der Waals surface area contributed by atoms with Gasteiger partial charge in [0, 0.05) is 6.54 Å². The number of sulfone groups is 1. The molecule has 0 heterocycles. The zero-order chi connectivity index (χ0) is 19.0. The molecule has 1 aromatic rings. The third-order valence-electron chi connectivity index (χ3n) is 3.00. The highest BCUT2D eigenvalue weighted by atomic mass is 35.5. The Balaban J connectivity index is 2.55. The summed E-state index contributed by atoms with van der Waals surface area (Å²) in [7, 11) is -3.77. The minimum atomic E-state index is -3.77. The number of nitrogens with one attached hydrogen (secondary N) is 2. The predicted octanol–water partition coefficient (Wildman–Crippen LogP) is 1.28. The van der Waals surface area contributed by atoms with E-state index in [0.717, 1.165) is 0 Å². The quantitative estimate of drug-likeness (QED) is 0.677. The number of ether oxygens (including phenoxy) is 1. The van der Waals surface area contributed by atoms with Crippen molar-refractivity contribution in [1.29, 1.82) is 0 Å². The van der Waals surface area contributed by atoms with Crippen LogP contribution in [-0.2, 0) is 24.2 Å². The maximum absolute atomic E-state index is 12.2. The van der Waals surface area contributed by atoms with Gasteiger partial charge in [-0.05, 0) is 26.0 Å². The van der Waals surface area contributed by atoms with Gasteiger partial charge in [-0.25, -0.2) is 13.2 Å². The molecule has 0 radical (unpaired) electrons. The molecule has 2 N–H and O–H groups in total. The van der Waals surface area contributed by atoms with E-state index in [2.05, 4.69) is 5.32 Å². The summed E-state index contributed by atoms with van der Waals surface area (Å²) in [6, 6.07) is 5.16. The molecular weight excluding hydrogens is 372 g/mol. The first kappa shape index (κ1) is 20.9. The maximum atomic E-state index is 12.2. The van der Waals surface area contributed by atoms with E-state index < -0.39 is 46.0 Å². The summed E-state index contributed by atoms with van der Waals surface area (Å²) < 4.78 is 29.2. The molecule has 25 heavy (non-hydrogen) atoms. The fourth-order valence-corrected chi connectivity index (χ4v) is 3.55. The number of hydrogen-bond acceptors (Lipinski definition) is 6. The molecule has 1 rings (SSSR count). The van der Waals surface area contributed by atoms with E-state index in [4.69, 9.17) is 16.3 Å². The Kier molecular flexibility index (Phi) is 7.85. The number of halogens is 1. The SMILES string of the molecule is CCNC(=O)NC(=O)[C@@H](C)OC(=O)CCS(=O)(=O)c1ccccc1Cl. The normalized spacial score (nSPS) is 12.1. The number of imide groups is 1. The van der Waals surface area contributed by atoms with Gasteiger partial charge < -0.3 is 10.1 Å². The van der Waals surface area contributed by atoms with Crippen molar-refractivity contribution < 1.29 is 27.5 Å². The van der Waals surface area contributed by atoms with Crippen molar-refractivity contribution >= 4 is 39.3 Å². The highest BCUT2D eigenvalue weighted by Gasteiger charge is 2.23. The average Bonchev–Trinajstić information content (AvgIpc) is 2.53. The third-order valence-corrected chi connectivity index (χ3v) is 5.21. The first-order valence-corrected chi connectivity index (χ1v) is 9.46. The van der Waals surface area contributed by atoms with Crippen molar-refractivity contribution in [2.45, 2.75) is 31.3 Å². The smallest absolute Gasteiger partial charge is 0.321 e. The Morgan fingerprint density at radius 2 is 1.88 bits per heavy atom. The summed E-state index contributed by atoms with van der Waals surface area (Å²) in [5.41, 5.74) is 0. The highest BCUT2D eigenvalue weighted by molar-refractivity contribution is 7.91. The summed E-state index contributed by atoms with van der Waals surface area (Å²) in [6.07, 6.45) is -1.69. The lowest BCUT2D eigenvalue weighted by Gasteiger charge is -2.13. The molecule has 3 amide bonds. The van der Waals surface area contributed by atoms with Gasteiger partial charge >= 0.3 is 12.0 Å². The molecule has 0 aromatic heterocycles. The topological polar surface area (TPSA) is 119 Å². The van der Waals surface area contributed by atoms with E-state index >= 15 is 0 Å². The highest BCUT2D eigenvalue weighted by Crippen LogP contribution is 2.22. The Hall–Kier alpha value is -2.13. The molecule has 0 aliphatic carbocycles. The molecule has 138 valence electrons. The van der Waals surface area contributed by atoms with E-state index in [1.165, 1.54) is 25.1 Å². The standard InChI is InChI=1S/C15H19ClN2O6S/c1-3-17-15(21)18-14(20)10(2)24-13(19)8-9-25(22,23)12-7-5-4-6-11(12)16/h4-7,10H,3,8-9H2,1-2H3,(H2,17,18,20,21)/t10-/m1/s1. The number of rotatable bonds is 7. The van der Waals surface area contributed by atoms with Gasteiger partial charge in [0.25, 0.3) is 5.91 Å². The number of carbonyl (C=O) groups excluding carboxylic acids is 3. The van der Waals surface area contributed by atoms with Gasteiger partial charge in [0.05, 0.1) is 22.1 Å². The minimum absolute atomic E-state index is 0.0607. The Labute approximate surface area is 150 Å². The second kappa shape index (κ2) is 9.38. The van der Waals surface area contributed by atoms with Gasteiger partial charge in [-0.15, -0.1) is 0 Å². The molecule has 0 fully saturated rings. The number of esters is 1. The lowest BCUT2D eigenvalue weighted by atomic mass is 10.3. The molecule has 1 atom stereocenters. The second-order valence-corrected chi connectivity index (χ2v) is 7.46. The average molecular weight is 391 g/mol. The molecule has 0 aliphatic rings. The molecule has 1 aromatic carbocycles.